The van der Waals surface area contributed by atoms with Gasteiger partial charge in [0.25, 0.3) is 0 Å². The first kappa shape index (κ1) is 12.1. The number of piperidine rings is 1. The Bertz CT molecular complexity index is 227. The van der Waals surface area contributed by atoms with Gasteiger partial charge in [-0.1, -0.05) is 19.8 Å². The third-order valence-corrected chi connectivity index (χ3v) is 4.15. The van der Waals surface area contributed by atoms with Crippen LogP contribution in [-0.2, 0) is 4.79 Å². The van der Waals surface area contributed by atoms with Gasteiger partial charge in [0.15, 0.2) is 0 Å². The van der Waals surface area contributed by atoms with E-state index in [1.54, 1.807) is 0 Å². The molecule has 92 valence electrons. The minimum Gasteiger partial charge on any atom is -0.311 e. The van der Waals surface area contributed by atoms with E-state index in [0.29, 0.717) is 11.7 Å². The van der Waals surface area contributed by atoms with E-state index in [2.05, 4.69) is 12.2 Å². The van der Waals surface area contributed by atoms with Gasteiger partial charge >= 0.3 is 0 Å². The molecule has 0 saturated carbocycles. The Kier molecular flexibility index (Phi) is 4.39. The van der Waals surface area contributed by atoms with E-state index in [1.165, 1.54) is 38.5 Å². The summed E-state index contributed by atoms with van der Waals surface area (Å²) in [6.07, 6.45) is 10.4. The van der Waals surface area contributed by atoms with Gasteiger partial charge in [-0.05, 0) is 38.0 Å². The van der Waals surface area contributed by atoms with Gasteiger partial charge in [-0.2, -0.15) is 0 Å². The number of ketones is 1. The molecule has 2 atom stereocenters. The second-order valence-corrected chi connectivity index (χ2v) is 5.68. The SMILES string of the molecule is CCCCCC(=O)CC1CC2CCC(C1)N2. The number of nitrogens with one attached hydrogen (secondary N) is 1. The maximum Gasteiger partial charge on any atom is 0.133 e. The van der Waals surface area contributed by atoms with Crippen molar-refractivity contribution in [3.63, 3.8) is 0 Å². The molecule has 2 bridgehead atoms. The Hall–Kier alpha value is -0.370. The first-order valence-corrected chi connectivity index (χ1v) is 7.05. The van der Waals surface area contributed by atoms with Crippen molar-refractivity contribution in [2.75, 3.05) is 0 Å². The summed E-state index contributed by atoms with van der Waals surface area (Å²) in [5.41, 5.74) is 0. The minimum absolute atomic E-state index is 0.514. The Labute approximate surface area is 99.2 Å². The lowest BCUT2D eigenvalue weighted by atomic mass is 9.87. The van der Waals surface area contributed by atoms with Gasteiger partial charge in [0.1, 0.15) is 5.78 Å². The van der Waals surface area contributed by atoms with Crippen LogP contribution in [0.15, 0.2) is 0 Å². The van der Waals surface area contributed by atoms with Crippen molar-refractivity contribution in [3.8, 4) is 0 Å². The van der Waals surface area contributed by atoms with Crippen LogP contribution in [0.4, 0.5) is 0 Å². The molecule has 0 amide bonds. The molecule has 2 heterocycles. The average molecular weight is 223 g/mol. The van der Waals surface area contributed by atoms with Gasteiger partial charge in [0.2, 0.25) is 0 Å². The lowest BCUT2D eigenvalue weighted by molar-refractivity contribution is -0.120. The molecule has 0 aromatic rings. The monoisotopic (exact) mass is 223 g/mol. The van der Waals surface area contributed by atoms with Crippen molar-refractivity contribution in [2.24, 2.45) is 5.92 Å². The van der Waals surface area contributed by atoms with Gasteiger partial charge in [-0.15, -0.1) is 0 Å². The van der Waals surface area contributed by atoms with Crippen LogP contribution in [0.3, 0.4) is 0 Å². The van der Waals surface area contributed by atoms with E-state index in [9.17, 15) is 4.79 Å². The smallest absolute Gasteiger partial charge is 0.133 e. The van der Waals surface area contributed by atoms with Crippen molar-refractivity contribution < 1.29 is 4.79 Å². The predicted molar refractivity (Wildman–Crippen MR) is 66.4 cm³/mol. The summed E-state index contributed by atoms with van der Waals surface area (Å²) in [6.45, 7) is 2.19. The number of hydrogen-bond acceptors (Lipinski definition) is 2. The molecule has 0 spiro atoms. The predicted octanol–water partition coefficient (Wildman–Crippen LogP) is 3.06. The molecular formula is C14H25NO. The second kappa shape index (κ2) is 5.81. The summed E-state index contributed by atoms with van der Waals surface area (Å²) >= 11 is 0. The van der Waals surface area contributed by atoms with Crippen LogP contribution in [0.1, 0.15) is 64.7 Å². The Balaban J connectivity index is 1.67. The number of unbranched alkanes of at least 4 members (excludes halogenated alkanes) is 2. The topological polar surface area (TPSA) is 29.1 Å². The molecule has 0 aliphatic carbocycles. The highest BCUT2D eigenvalue weighted by molar-refractivity contribution is 5.78. The summed E-state index contributed by atoms with van der Waals surface area (Å²) in [4.78, 5) is 11.8. The average Bonchev–Trinajstić information content (AvgIpc) is 2.58. The number of rotatable bonds is 6. The normalized spacial score (nSPS) is 32.9. The quantitative estimate of drug-likeness (QED) is 0.701. The van der Waals surface area contributed by atoms with Crippen molar-refractivity contribution in [3.05, 3.63) is 0 Å². The van der Waals surface area contributed by atoms with Crippen molar-refractivity contribution in [1.29, 1.82) is 0 Å². The fourth-order valence-electron chi connectivity index (χ4n) is 3.34. The van der Waals surface area contributed by atoms with Crippen LogP contribution in [0, 0.1) is 5.92 Å². The van der Waals surface area contributed by atoms with E-state index < -0.39 is 0 Å². The third-order valence-electron chi connectivity index (χ3n) is 4.15. The van der Waals surface area contributed by atoms with Crippen LogP contribution in [0.25, 0.3) is 0 Å². The summed E-state index contributed by atoms with van der Waals surface area (Å²) in [7, 11) is 0. The summed E-state index contributed by atoms with van der Waals surface area (Å²) in [5.74, 6) is 1.20. The number of Topliss-reactive ketones (excluding diaryl/α,β-unsaturated/α-hetero) is 1. The lowest BCUT2D eigenvalue weighted by Crippen LogP contribution is -2.38. The molecule has 0 aromatic carbocycles. The van der Waals surface area contributed by atoms with Crippen LogP contribution in [0.2, 0.25) is 0 Å². The van der Waals surface area contributed by atoms with E-state index >= 15 is 0 Å². The van der Waals surface area contributed by atoms with Crippen LogP contribution < -0.4 is 5.32 Å². The lowest BCUT2D eigenvalue weighted by Gasteiger charge is -2.28. The largest absolute Gasteiger partial charge is 0.311 e. The van der Waals surface area contributed by atoms with Gasteiger partial charge in [0.05, 0.1) is 0 Å². The maximum atomic E-state index is 11.8. The molecule has 0 aromatic heterocycles. The number of hydrogen-bond donors (Lipinski definition) is 1. The molecule has 2 unspecified atom stereocenters. The fraction of sp³-hybridized carbons (Fsp3) is 0.929. The third kappa shape index (κ3) is 3.31. The Morgan fingerprint density at radius 1 is 1.19 bits per heavy atom. The molecule has 2 rings (SSSR count). The standard InChI is InChI=1S/C14H25NO/c1-2-3-4-5-14(16)10-11-8-12-6-7-13(9-11)15-12/h11-13,15H,2-10H2,1H3. The van der Waals surface area contributed by atoms with Gasteiger partial charge in [-0.25, -0.2) is 0 Å². The zero-order valence-corrected chi connectivity index (χ0v) is 10.5. The van der Waals surface area contributed by atoms with Crippen molar-refractivity contribution in [2.45, 2.75) is 76.8 Å². The second-order valence-electron chi connectivity index (χ2n) is 5.68. The van der Waals surface area contributed by atoms with Gasteiger partial charge in [-0.3, -0.25) is 4.79 Å². The highest BCUT2D eigenvalue weighted by atomic mass is 16.1. The van der Waals surface area contributed by atoms with Crippen LogP contribution in [-0.4, -0.2) is 17.9 Å². The first-order valence-electron chi connectivity index (χ1n) is 7.05. The highest BCUT2D eigenvalue weighted by Gasteiger charge is 2.33. The van der Waals surface area contributed by atoms with Crippen molar-refractivity contribution in [1.82, 2.24) is 5.32 Å². The van der Waals surface area contributed by atoms with E-state index in [0.717, 1.165) is 31.3 Å². The molecule has 2 heteroatoms. The Morgan fingerprint density at radius 2 is 1.88 bits per heavy atom. The van der Waals surface area contributed by atoms with Gasteiger partial charge < -0.3 is 5.32 Å². The van der Waals surface area contributed by atoms with E-state index in [1.807, 2.05) is 0 Å². The zero-order chi connectivity index (χ0) is 11.4. The molecule has 0 radical (unpaired) electrons. The molecule has 2 nitrogen and oxygen atoms in total. The number of fused-ring (bicyclic) bond motifs is 2. The molecule has 1 N–H and O–H groups in total. The molecule has 2 aliphatic rings. The zero-order valence-electron chi connectivity index (χ0n) is 10.5. The highest BCUT2D eigenvalue weighted by Crippen LogP contribution is 2.33. The van der Waals surface area contributed by atoms with Gasteiger partial charge in [0, 0.05) is 24.9 Å². The molecule has 2 saturated heterocycles. The maximum absolute atomic E-state index is 11.8. The molecule has 2 fully saturated rings. The summed E-state index contributed by atoms with van der Waals surface area (Å²) < 4.78 is 0. The summed E-state index contributed by atoms with van der Waals surface area (Å²) in [6, 6.07) is 1.46. The van der Waals surface area contributed by atoms with E-state index in [-0.39, 0.29) is 0 Å². The fourth-order valence-corrected chi connectivity index (χ4v) is 3.34. The molecule has 2 aliphatic heterocycles. The minimum atomic E-state index is 0.514. The summed E-state index contributed by atoms with van der Waals surface area (Å²) in [5, 5.41) is 3.63. The van der Waals surface area contributed by atoms with Crippen LogP contribution >= 0.6 is 0 Å². The Morgan fingerprint density at radius 3 is 2.50 bits per heavy atom. The van der Waals surface area contributed by atoms with Crippen molar-refractivity contribution >= 4 is 5.78 Å². The molecule has 16 heavy (non-hydrogen) atoms. The van der Waals surface area contributed by atoms with Crippen LogP contribution in [0.5, 0.6) is 0 Å². The number of carbonyl (C=O) groups excluding carboxylic acids is 1. The first-order chi connectivity index (χ1) is 7.78. The number of carbonyl (C=O) groups is 1. The molecular weight excluding hydrogens is 198 g/mol. The van der Waals surface area contributed by atoms with E-state index in [4.69, 9.17) is 0 Å².